The molecule has 0 bridgehead atoms. The molecule has 1 unspecified atom stereocenters. The van der Waals surface area contributed by atoms with Gasteiger partial charge in [-0.2, -0.15) is 0 Å². The second-order valence-electron chi connectivity index (χ2n) is 12.0. The fourth-order valence-corrected chi connectivity index (χ4v) is 4.99. The third-order valence-electron chi connectivity index (χ3n) is 7.75. The summed E-state index contributed by atoms with van der Waals surface area (Å²) < 4.78 is 10.6. The van der Waals surface area contributed by atoms with E-state index in [1.54, 1.807) is 0 Å². The Labute approximate surface area is 260 Å². The van der Waals surface area contributed by atoms with Crippen LogP contribution in [0.3, 0.4) is 0 Å². The quantitative estimate of drug-likeness (QED) is 0.0478. The number of rotatable bonds is 32. The molecule has 0 fully saturated rings. The number of unbranched alkanes of at least 4 members (excludes halogenated alkanes) is 20. The van der Waals surface area contributed by atoms with Crippen molar-refractivity contribution < 1.29 is 24.2 Å². The minimum Gasteiger partial charge on any atom is -0.462 e. The number of hydrogen-bond acceptors (Lipinski definition) is 5. The van der Waals surface area contributed by atoms with E-state index in [2.05, 4.69) is 38.2 Å². The van der Waals surface area contributed by atoms with Crippen molar-refractivity contribution in [2.24, 2.45) is 0 Å². The van der Waals surface area contributed by atoms with Gasteiger partial charge in [0.15, 0.2) is 6.10 Å². The highest BCUT2D eigenvalue weighted by Crippen LogP contribution is 2.13. The summed E-state index contributed by atoms with van der Waals surface area (Å²) in [5, 5.41) is 9.51. The third kappa shape index (κ3) is 31.3. The van der Waals surface area contributed by atoms with Crippen molar-refractivity contribution >= 4 is 11.9 Å². The van der Waals surface area contributed by atoms with Crippen LogP contribution in [0.4, 0.5) is 0 Å². The van der Waals surface area contributed by atoms with Crippen LogP contribution in [0.5, 0.6) is 0 Å². The molecular weight excluding hydrogens is 524 g/mol. The SMILES string of the molecule is CCCCC/C=C\C/C=C\CCCCCCCCCC(=O)OC(CO)COC(=O)CCCCCCCCCCCCC. The van der Waals surface area contributed by atoms with E-state index in [0.29, 0.717) is 12.8 Å². The average molecular weight is 593 g/mol. The second-order valence-corrected chi connectivity index (χ2v) is 12.0. The number of carbonyl (C=O) groups excluding carboxylic acids is 2. The van der Waals surface area contributed by atoms with Crippen molar-refractivity contribution in [1.82, 2.24) is 0 Å². The Morgan fingerprint density at radius 1 is 0.548 bits per heavy atom. The summed E-state index contributed by atoms with van der Waals surface area (Å²) >= 11 is 0. The van der Waals surface area contributed by atoms with E-state index in [-0.39, 0.29) is 25.2 Å². The average Bonchev–Trinajstić information content (AvgIpc) is 2.99. The Kier molecular flexibility index (Phi) is 32.6. The first-order chi connectivity index (χ1) is 20.6. The summed E-state index contributed by atoms with van der Waals surface area (Å²) in [6.45, 7) is 4.09. The maximum atomic E-state index is 12.1. The lowest BCUT2D eigenvalue weighted by Crippen LogP contribution is -2.28. The molecule has 0 aromatic carbocycles. The molecule has 0 rings (SSSR count). The summed E-state index contributed by atoms with van der Waals surface area (Å²) in [6.07, 6.45) is 38.0. The molecule has 0 aromatic rings. The number of aliphatic hydroxyl groups is 1. The van der Waals surface area contributed by atoms with Crippen LogP contribution in [0, 0.1) is 0 Å². The van der Waals surface area contributed by atoms with E-state index in [4.69, 9.17) is 9.47 Å². The van der Waals surface area contributed by atoms with Gasteiger partial charge in [-0.25, -0.2) is 0 Å². The molecule has 0 heterocycles. The molecule has 5 nitrogen and oxygen atoms in total. The van der Waals surface area contributed by atoms with Gasteiger partial charge in [-0.3, -0.25) is 9.59 Å². The van der Waals surface area contributed by atoms with E-state index < -0.39 is 6.10 Å². The summed E-state index contributed by atoms with van der Waals surface area (Å²) in [4.78, 5) is 24.1. The summed E-state index contributed by atoms with van der Waals surface area (Å²) in [7, 11) is 0. The minimum atomic E-state index is -0.769. The van der Waals surface area contributed by atoms with E-state index in [1.807, 2.05) is 0 Å². The lowest BCUT2D eigenvalue weighted by molar-refractivity contribution is -0.161. The zero-order valence-corrected chi connectivity index (χ0v) is 27.8. The van der Waals surface area contributed by atoms with Gasteiger partial charge in [-0.15, -0.1) is 0 Å². The van der Waals surface area contributed by atoms with Gasteiger partial charge in [0.25, 0.3) is 0 Å². The first-order valence-corrected chi connectivity index (χ1v) is 17.9. The molecular formula is C37H68O5. The molecule has 0 saturated heterocycles. The van der Waals surface area contributed by atoms with Gasteiger partial charge in [0.2, 0.25) is 0 Å². The van der Waals surface area contributed by atoms with Crippen molar-refractivity contribution in [2.75, 3.05) is 13.2 Å². The van der Waals surface area contributed by atoms with E-state index in [9.17, 15) is 14.7 Å². The van der Waals surface area contributed by atoms with E-state index in [1.165, 1.54) is 103 Å². The van der Waals surface area contributed by atoms with Crippen LogP contribution in [0.2, 0.25) is 0 Å². The number of carbonyl (C=O) groups is 2. The van der Waals surface area contributed by atoms with E-state index in [0.717, 1.165) is 51.4 Å². The molecule has 0 radical (unpaired) electrons. The smallest absolute Gasteiger partial charge is 0.306 e. The first-order valence-electron chi connectivity index (χ1n) is 17.9. The van der Waals surface area contributed by atoms with Gasteiger partial charge in [-0.05, 0) is 44.9 Å². The van der Waals surface area contributed by atoms with Gasteiger partial charge >= 0.3 is 11.9 Å². The molecule has 0 aliphatic rings. The Bertz CT molecular complexity index is 642. The largest absolute Gasteiger partial charge is 0.462 e. The Hall–Kier alpha value is -1.62. The van der Waals surface area contributed by atoms with Crippen LogP contribution in [-0.4, -0.2) is 36.4 Å². The molecule has 246 valence electrons. The van der Waals surface area contributed by atoms with Crippen LogP contribution in [-0.2, 0) is 19.1 Å². The lowest BCUT2D eigenvalue weighted by Gasteiger charge is -2.15. The molecule has 1 N–H and O–H groups in total. The summed E-state index contributed by atoms with van der Waals surface area (Å²) in [6, 6.07) is 0. The fraction of sp³-hybridized carbons (Fsp3) is 0.838. The molecule has 0 saturated carbocycles. The van der Waals surface area contributed by atoms with Gasteiger partial charge in [0.1, 0.15) is 6.61 Å². The highest BCUT2D eigenvalue weighted by molar-refractivity contribution is 5.70. The molecule has 0 aliphatic carbocycles. The highest BCUT2D eigenvalue weighted by Gasteiger charge is 2.16. The maximum Gasteiger partial charge on any atom is 0.306 e. The first kappa shape index (κ1) is 40.4. The summed E-state index contributed by atoms with van der Waals surface area (Å²) in [5.41, 5.74) is 0. The number of aliphatic hydroxyl groups excluding tert-OH is 1. The van der Waals surface area contributed by atoms with Crippen LogP contribution >= 0.6 is 0 Å². The second kappa shape index (κ2) is 33.9. The monoisotopic (exact) mass is 593 g/mol. The highest BCUT2D eigenvalue weighted by atomic mass is 16.6. The van der Waals surface area contributed by atoms with Gasteiger partial charge in [0.05, 0.1) is 6.61 Å². The molecule has 1 atom stereocenters. The minimum absolute atomic E-state index is 0.0654. The molecule has 0 aromatic heterocycles. The maximum absolute atomic E-state index is 12.1. The molecule has 0 aliphatic heterocycles. The Morgan fingerprint density at radius 2 is 0.952 bits per heavy atom. The van der Waals surface area contributed by atoms with Crippen LogP contribution in [0.1, 0.15) is 181 Å². The van der Waals surface area contributed by atoms with Crippen molar-refractivity contribution in [3.8, 4) is 0 Å². The van der Waals surface area contributed by atoms with Gasteiger partial charge in [-0.1, -0.05) is 147 Å². The number of ether oxygens (including phenoxy) is 2. The van der Waals surface area contributed by atoms with Gasteiger partial charge in [0, 0.05) is 12.8 Å². The van der Waals surface area contributed by atoms with Gasteiger partial charge < -0.3 is 14.6 Å². The van der Waals surface area contributed by atoms with E-state index >= 15 is 0 Å². The fourth-order valence-electron chi connectivity index (χ4n) is 4.99. The Balaban J connectivity index is 3.57. The summed E-state index contributed by atoms with van der Waals surface area (Å²) in [5.74, 6) is -0.597. The number of allylic oxidation sites excluding steroid dienone is 4. The van der Waals surface area contributed by atoms with Crippen molar-refractivity contribution in [3.05, 3.63) is 24.3 Å². The van der Waals surface area contributed by atoms with Crippen LogP contribution in [0.25, 0.3) is 0 Å². The molecule has 42 heavy (non-hydrogen) atoms. The normalized spacial score (nSPS) is 12.4. The third-order valence-corrected chi connectivity index (χ3v) is 7.75. The van der Waals surface area contributed by atoms with Crippen molar-refractivity contribution in [3.63, 3.8) is 0 Å². The van der Waals surface area contributed by atoms with Crippen molar-refractivity contribution in [1.29, 1.82) is 0 Å². The molecule has 0 spiro atoms. The zero-order valence-electron chi connectivity index (χ0n) is 27.8. The van der Waals surface area contributed by atoms with Crippen LogP contribution < -0.4 is 0 Å². The lowest BCUT2D eigenvalue weighted by atomic mass is 10.1. The van der Waals surface area contributed by atoms with Crippen molar-refractivity contribution in [2.45, 2.75) is 187 Å². The zero-order chi connectivity index (χ0) is 30.8. The van der Waals surface area contributed by atoms with Crippen LogP contribution in [0.15, 0.2) is 24.3 Å². The molecule has 5 heteroatoms. The number of hydrogen-bond donors (Lipinski definition) is 1. The topological polar surface area (TPSA) is 72.8 Å². The predicted molar refractivity (Wildman–Crippen MR) is 178 cm³/mol. The number of esters is 2. The molecule has 0 amide bonds. The Morgan fingerprint density at radius 3 is 1.45 bits per heavy atom. The standard InChI is InChI=1S/C37H68O5/c1-3-5-7-9-11-13-15-16-17-18-19-20-22-24-26-28-30-32-37(40)42-35(33-38)34-41-36(39)31-29-27-25-23-21-14-12-10-8-6-4-2/h11,13,16-17,35,38H,3-10,12,14-15,18-34H2,1-2H3/b13-11-,17-16-. The predicted octanol–water partition coefficient (Wildman–Crippen LogP) is 10.7.